The number of ether oxygens (including phenoxy) is 1. The highest BCUT2D eigenvalue weighted by molar-refractivity contribution is 6.02. The molecular formula is C36H44N8O. The molecule has 0 radical (unpaired) electrons. The molecule has 3 aliphatic rings. The molecule has 3 aromatic rings. The molecule has 0 amide bonds. The highest BCUT2D eigenvalue weighted by Gasteiger charge is 2.30. The van der Waals surface area contributed by atoms with Crippen molar-refractivity contribution in [1.29, 1.82) is 5.41 Å². The molecule has 9 nitrogen and oxygen atoms in total. The Morgan fingerprint density at radius 1 is 1.13 bits per heavy atom. The van der Waals surface area contributed by atoms with Crippen LogP contribution in [0.4, 0.5) is 11.4 Å². The van der Waals surface area contributed by atoms with Gasteiger partial charge in [-0.3, -0.25) is 9.67 Å². The Kier molecular flexibility index (Phi) is 9.35. The monoisotopic (exact) mass is 604 g/mol. The topological polar surface area (TPSA) is 103 Å². The molecule has 3 heterocycles. The van der Waals surface area contributed by atoms with Gasteiger partial charge in [0.25, 0.3) is 0 Å². The van der Waals surface area contributed by atoms with Crippen molar-refractivity contribution in [2.75, 3.05) is 45.2 Å². The predicted octanol–water partition coefficient (Wildman–Crippen LogP) is 5.79. The lowest BCUT2D eigenvalue weighted by atomic mass is 9.79. The van der Waals surface area contributed by atoms with Gasteiger partial charge in [-0.15, -0.1) is 0 Å². The average Bonchev–Trinajstić information content (AvgIpc) is 3.38. The van der Waals surface area contributed by atoms with Crippen molar-refractivity contribution in [2.24, 2.45) is 27.9 Å². The van der Waals surface area contributed by atoms with E-state index >= 15 is 0 Å². The number of benzene rings is 2. The fraction of sp³-hybridized carbons (Fsp3) is 0.417. The standard InChI is InChI=1S/C36H44N8O/c1-24-8-13-34(41-30-12-10-29(20-33(30)45-4)44-16-14-39-15-17-44)40-23-27-9-11-31-36(35(24)27)32(43(3)42-31)19-25-6-5-7-26(18-25)28(21-37)22-38-2/h5-7,10,12,18,20-24,28,37,39H,8-9,11,13-17,19H2,1-4H3. The summed E-state index contributed by atoms with van der Waals surface area (Å²) in [7, 11) is 5.54. The van der Waals surface area contributed by atoms with Crippen LogP contribution >= 0.6 is 0 Å². The fourth-order valence-corrected chi connectivity index (χ4v) is 6.85. The SMILES string of the molecule is CN=CC(C=N)c1cccc(Cc2c3c(nn2C)CCC2=C3C(C)CCC(=Nc3ccc(N4CCNCC4)cc3OC)N=C2)c1. The van der Waals surface area contributed by atoms with Crippen LogP contribution in [0.1, 0.15) is 60.2 Å². The molecule has 2 aliphatic heterocycles. The smallest absolute Gasteiger partial charge is 0.146 e. The van der Waals surface area contributed by atoms with Crippen molar-refractivity contribution < 1.29 is 4.74 Å². The first-order valence-corrected chi connectivity index (χ1v) is 16.0. The lowest BCUT2D eigenvalue weighted by molar-refractivity contribution is 0.416. The Morgan fingerprint density at radius 3 is 2.76 bits per heavy atom. The minimum Gasteiger partial charge on any atom is -0.494 e. The van der Waals surface area contributed by atoms with E-state index in [-0.39, 0.29) is 5.92 Å². The first-order chi connectivity index (χ1) is 22.0. The van der Waals surface area contributed by atoms with Crippen molar-refractivity contribution >= 4 is 41.4 Å². The molecule has 1 aliphatic carbocycles. The maximum atomic E-state index is 7.87. The fourth-order valence-electron chi connectivity index (χ4n) is 6.85. The Balaban J connectivity index is 1.30. The minimum absolute atomic E-state index is 0.118. The summed E-state index contributed by atoms with van der Waals surface area (Å²) in [6, 6.07) is 14.8. The van der Waals surface area contributed by atoms with Gasteiger partial charge in [0, 0.05) is 89.1 Å². The van der Waals surface area contributed by atoms with E-state index in [4.69, 9.17) is 25.2 Å². The number of piperazine rings is 1. The molecule has 0 bridgehead atoms. The van der Waals surface area contributed by atoms with Crippen molar-refractivity contribution in [1.82, 2.24) is 15.1 Å². The number of aliphatic imine (C=N–C) groups is 3. The Labute approximate surface area is 266 Å². The summed E-state index contributed by atoms with van der Waals surface area (Å²) in [6.07, 6.45) is 9.67. The summed E-state index contributed by atoms with van der Waals surface area (Å²) in [5.74, 6) is 1.84. The second kappa shape index (κ2) is 13.7. The van der Waals surface area contributed by atoms with Crippen LogP contribution < -0.4 is 15.0 Å². The van der Waals surface area contributed by atoms with Crippen molar-refractivity contribution in [3.63, 3.8) is 0 Å². The van der Waals surface area contributed by atoms with Crippen molar-refractivity contribution in [2.45, 2.75) is 44.9 Å². The third-order valence-corrected chi connectivity index (χ3v) is 9.24. The van der Waals surface area contributed by atoms with E-state index in [0.29, 0.717) is 5.92 Å². The number of aryl methyl sites for hydroxylation is 2. The predicted molar refractivity (Wildman–Crippen MR) is 186 cm³/mol. The molecule has 2 unspecified atom stereocenters. The Hall–Kier alpha value is -4.37. The quantitative estimate of drug-likeness (QED) is 0.318. The van der Waals surface area contributed by atoms with Gasteiger partial charge in [0.2, 0.25) is 0 Å². The molecule has 2 N–H and O–H groups in total. The van der Waals surface area contributed by atoms with Gasteiger partial charge in [0.05, 0.1) is 24.4 Å². The lowest BCUT2D eigenvalue weighted by Crippen LogP contribution is -2.43. The number of aromatic nitrogens is 2. The van der Waals surface area contributed by atoms with Gasteiger partial charge in [0.1, 0.15) is 17.3 Å². The molecule has 0 spiro atoms. The summed E-state index contributed by atoms with van der Waals surface area (Å²) in [6.45, 7) is 6.30. The number of methoxy groups -OCH3 is 1. The second-order valence-corrected chi connectivity index (χ2v) is 12.2. The van der Waals surface area contributed by atoms with Crippen molar-refractivity contribution in [3.05, 3.63) is 76.1 Å². The first kappa shape index (κ1) is 30.6. The molecule has 0 saturated carbocycles. The van der Waals surface area contributed by atoms with Gasteiger partial charge in [-0.1, -0.05) is 31.2 Å². The van der Waals surface area contributed by atoms with Gasteiger partial charge in [-0.05, 0) is 59.6 Å². The van der Waals surface area contributed by atoms with Gasteiger partial charge in [-0.2, -0.15) is 5.10 Å². The zero-order valence-corrected chi connectivity index (χ0v) is 26.9. The van der Waals surface area contributed by atoms with Gasteiger partial charge in [-0.25, -0.2) is 9.98 Å². The van der Waals surface area contributed by atoms with Crippen LogP contribution in [0.5, 0.6) is 5.75 Å². The Morgan fingerprint density at radius 2 is 1.98 bits per heavy atom. The largest absolute Gasteiger partial charge is 0.494 e. The average molecular weight is 605 g/mol. The summed E-state index contributed by atoms with van der Waals surface area (Å²) in [4.78, 5) is 16.5. The zero-order chi connectivity index (χ0) is 31.3. The Bertz CT molecular complexity index is 1670. The summed E-state index contributed by atoms with van der Waals surface area (Å²) in [5.41, 5.74) is 10.7. The van der Waals surface area contributed by atoms with Crippen LogP contribution in [0.25, 0.3) is 5.57 Å². The molecule has 2 aromatic carbocycles. The number of fused-ring (bicyclic) bond motifs is 2. The first-order valence-electron chi connectivity index (χ1n) is 16.0. The van der Waals surface area contributed by atoms with Gasteiger partial charge >= 0.3 is 0 Å². The highest BCUT2D eigenvalue weighted by Crippen LogP contribution is 2.41. The van der Waals surface area contributed by atoms with E-state index in [1.54, 1.807) is 14.2 Å². The van der Waals surface area contributed by atoms with E-state index in [9.17, 15) is 0 Å². The molecule has 45 heavy (non-hydrogen) atoms. The number of hydrogen-bond acceptors (Lipinski definition) is 7. The summed E-state index contributed by atoms with van der Waals surface area (Å²) < 4.78 is 7.86. The van der Waals surface area contributed by atoms with E-state index in [0.717, 1.165) is 81.1 Å². The van der Waals surface area contributed by atoms with Crippen LogP contribution in [0, 0.1) is 11.3 Å². The van der Waals surface area contributed by atoms with E-state index in [2.05, 4.69) is 82.5 Å². The number of allylic oxidation sites excluding steroid dienone is 2. The molecule has 1 fully saturated rings. The van der Waals surface area contributed by atoms with E-state index in [1.807, 2.05) is 6.21 Å². The number of rotatable bonds is 8. The van der Waals surface area contributed by atoms with Crippen LogP contribution in [0.3, 0.4) is 0 Å². The van der Waals surface area contributed by atoms with E-state index in [1.165, 1.54) is 45.6 Å². The van der Waals surface area contributed by atoms with Crippen LogP contribution in [-0.2, 0) is 19.9 Å². The maximum absolute atomic E-state index is 7.87. The number of amidine groups is 1. The lowest BCUT2D eigenvalue weighted by Gasteiger charge is -2.29. The third-order valence-electron chi connectivity index (χ3n) is 9.24. The number of nitrogens with zero attached hydrogens (tertiary/aromatic N) is 6. The van der Waals surface area contributed by atoms with Crippen molar-refractivity contribution in [3.8, 4) is 5.75 Å². The third kappa shape index (κ3) is 6.54. The normalized spacial score (nSPS) is 20.1. The molecule has 9 heteroatoms. The molecule has 2 atom stereocenters. The minimum atomic E-state index is -0.118. The maximum Gasteiger partial charge on any atom is 0.146 e. The molecule has 1 aromatic heterocycles. The molecule has 6 rings (SSSR count). The van der Waals surface area contributed by atoms with E-state index < -0.39 is 0 Å². The number of anilines is 1. The second-order valence-electron chi connectivity index (χ2n) is 12.2. The van der Waals surface area contributed by atoms with Gasteiger partial charge in [0.15, 0.2) is 0 Å². The number of hydrogen-bond donors (Lipinski definition) is 2. The highest BCUT2D eigenvalue weighted by atomic mass is 16.5. The molecule has 1 saturated heterocycles. The number of nitrogens with one attached hydrogen (secondary N) is 2. The summed E-state index contributed by atoms with van der Waals surface area (Å²) in [5, 5.41) is 16.3. The van der Waals surface area contributed by atoms with Crippen LogP contribution in [0.15, 0.2) is 63.0 Å². The molecule has 234 valence electrons. The zero-order valence-electron chi connectivity index (χ0n) is 26.9. The van der Waals surface area contributed by atoms with Crippen LogP contribution in [-0.4, -0.2) is 74.6 Å². The van der Waals surface area contributed by atoms with Gasteiger partial charge < -0.3 is 20.4 Å². The summed E-state index contributed by atoms with van der Waals surface area (Å²) >= 11 is 0. The van der Waals surface area contributed by atoms with Crippen LogP contribution in [0.2, 0.25) is 0 Å². The molecular weight excluding hydrogens is 560 g/mol.